The summed E-state index contributed by atoms with van der Waals surface area (Å²) in [6.07, 6.45) is 2.36. The lowest BCUT2D eigenvalue weighted by Crippen LogP contribution is -1.97. The fraction of sp³-hybridized carbons (Fsp3) is 0.250. The second-order valence-corrected chi connectivity index (χ2v) is 5.81. The lowest BCUT2D eigenvalue weighted by Gasteiger charge is -2.10. The quantitative estimate of drug-likeness (QED) is 0.613. The van der Waals surface area contributed by atoms with Crippen LogP contribution in [0, 0.1) is 5.92 Å². The summed E-state index contributed by atoms with van der Waals surface area (Å²) in [5.41, 5.74) is 4.72. The Balaban J connectivity index is 1.96. The average molecular weight is 275 g/mol. The Morgan fingerprint density at radius 3 is 2.67 bits per heavy atom. The van der Waals surface area contributed by atoms with E-state index < -0.39 is 0 Å². The minimum atomic E-state index is 0.727. The van der Waals surface area contributed by atoms with Crippen molar-refractivity contribution in [2.75, 3.05) is 0 Å². The molecule has 0 bridgehead atoms. The third-order valence-corrected chi connectivity index (χ3v) is 4.10. The first-order valence-corrected chi connectivity index (χ1v) is 7.71. The molecule has 106 valence electrons. The van der Waals surface area contributed by atoms with Gasteiger partial charge in [0.1, 0.15) is 0 Å². The standard InChI is InChI=1S/C20H21N/c1-3-15(2)13-16-7-6-9-18(14-16)20-12-11-17-8-4-5-10-19(17)21-20/h4-12,14-15H,3,13H2,1-2H3. The van der Waals surface area contributed by atoms with E-state index in [1.807, 2.05) is 6.07 Å². The van der Waals surface area contributed by atoms with Gasteiger partial charge >= 0.3 is 0 Å². The van der Waals surface area contributed by atoms with Crippen LogP contribution in [0.5, 0.6) is 0 Å². The van der Waals surface area contributed by atoms with E-state index in [1.165, 1.54) is 22.9 Å². The summed E-state index contributed by atoms with van der Waals surface area (Å²) in [5.74, 6) is 0.727. The van der Waals surface area contributed by atoms with Crippen LogP contribution in [0.15, 0.2) is 60.7 Å². The zero-order chi connectivity index (χ0) is 14.7. The Hall–Kier alpha value is -2.15. The predicted molar refractivity (Wildman–Crippen MR) is 90.3 cm³/mol. The number of hydrogen-bond acceptors (Lipinski definition) is 1. The molecular weight excluding hydrogens is 254 g/mol. The molecule has 1 aromatic heterocycles. The molecule has 0 fully saturated rings. The first-order valence-electron chi connectivity index (χ1n) is 7.71. The number of hydrogen-bond donors (Lipinski definition) is 0. The normalized spacial score (nSPS) is 12.5. The molecule has 0 aliphatic carbocycles. The van der Waals surface area contributed by atoms with Gasteiger partial charge in [0.25, 0.3) is 0 Å². The average Bonchev–Trinajstić information content (AvgIpc) is 2.54. The van der Waals surface area contributed by atoms with Crippen molar-refractivity contribution in [2.24, 2.45) is 5.92 Å². The van der Waals surface area contributed by atoms with Crippen LogP contribution in [-0.2, 0) is 6.42 Å². The van der Waals surface area contributed by atoms with Crippen LogP contribution < -0.4 is 0 Å². The molecule has 0 amide bonds. The molecule has 1 atom stereocenters. The van der Waals surface area contributed by atoms with Crippen LogP contribution in [-0.4, -0.2) is 4.98 Å². The molecule has 0 radical (unpaired) electrons. The summed E-state index contributed by atoms with van der Waals surface area (Å²) in [5, 5.41) is 1.19. The van der Waals surface area contributed by atoms with Crippen molar-refractivity contribution in [3.05, 3.63) is 66.2 Å². The van der Waals surface area contributed by atoms with Crippen LogP contribution in [0.4, 0.5) is 0 Å². The molecule has 0 aliphatic rings. The molecule has 3 rings (SSSR count). The van der Waals surface area contributed by atoms with Gasteiger partial charge in [0.2, 0.25) is 0 Å². The van der Waals surface area contributed by atoms with E-state index in [0.29, 0.717) is 0 Å². The van der Waals surface area contributed by atoms with Crippen molar-refractivity contribution >= 4 is 10.9 Å². The van der Waals surface area contributed by atoms with Gasteiger partial charge in [-0.25, -0.2) is 4.98 Å². The largest absolute Gasteiger partial charge is 0.248 e. The van der Waals surface area contributed by atoms with Gasteiger partial charge in [-0.15, -0.1) is 0 Å². The lowest BCUT2D eigenvalue weighted by molar-refractivity contribution is 0.560. The molecule has 2 aromatic carbocycles. The lowest BCUT2D eigenvalue weighted by atomic mass is 9.97. The van der Waals surface area contributed by atoms with Crippen LogP contribution >= 0.6 is 0 Å². The number of nitrogens with zero attached hydrogens (tertiary/aromatic N) is 1. The molecule has 1 nitrogen and oxygen atoms in total. The van der Waals surface area contributed by atoms with E-state index in [-0.39, 0.29) is 0 Å². The Morgan fingerprint density at radius 2 is 1.81 bits per heavy atom. The van der Waals surface area contributed by atoms with Crippen molar-refractivity contribution < 1.29 is 0 Å². The number of benzene rings is 2. The molecule has 0 saturated heterocycles. The molecule has 21 heavy (non-hydrogen) atoms. The van der Waals surface area contributed by atoms with Crippen LogP contribution in [0.25, 0.3) is 22.2 Å². The van der Waals surface area contributed by atoms with Crippen molar-refractivity contribution in [3.8, 4) is 11.3 Å². The molecule has 3 aromatic rings. The first kappa shape index (κ1) is 13.8. The molecule has 0 saturated carbocycles. The third-order valence-electron chi connectivity index (χ3n) is 4.10. The van der Waals surface area contributed by atoms with Crippen molar-refractivity contribution in [1.82, 2.24) is 4.98 Å². The fourth-order valence-electron chi connectivity index (χ4n) is 2.63. The number of pyridine rings is 1. The van der Waals surface area contributed by atoms with E-state index >= 15 is 0 Å². The van der Waals surface area contributed by atoms with Gasteiger partial charge in [-0.2, -0.15) is 0 Å². The molecule has 0 aliphatic heterocycles. The SMILES string of the molecule is CCC(C)Cc1cccc(-c2ccc3ccccc3n2)c1. The number of para-hydroxylation sites is 1. The Kier molecular flexibility index (Phi) is 4.01. The second kappa shape index (κ2) is 6.09. The van der Waals surface area contributed by atoms with E-state index in [4.69, 9.17) is 4.98 Å². The highest BCUT2D eigenvalue weighted by molar-refractivity contribution is 5.81. The van der Waals surface area contributed by atoms with Crippen molar-refractivity contribution in [1.29, 1.82) is 0 Å². The summed E-state index contributed by atoms with van der Waals surface area (Å²) in [6.45, 7) is 4.56. The van der Waals surface area contributed by atoms with Crippen LogP contribution in [0.3, 0.4) is 0 Å². The highest BCUT2D eigenvalue weighted by atomic mass is 14.7. The summed E-state index contributed by atoms with van der Waals surface area (Å²) in [7, 11) is 0. The minimum Gasteiger partial charge on any atom is -0.248 e. The number of fused-ring (bicyclic) bond motifs is 1. The molecule has 0 N–H and O–H groups in total. The van der Waals surface area contributed by atoms with E-state index in [2.05, 4.69) is 68.4 Å². The summed E-state index contributed by atoms with van der Waals surface area (Å²) in [6, 6.07) is 21.3. The highest BCUT2D eigenvalue weighted by Crippen LogP contribution is 2.23. The zero-order valence-corrected chi connectivity index (χ0v) is 12.7. The summed E-state index contributed by atoms with van der Waals surface area (Å²) < 4.78 is 0. The maximum absolute atomic E-state index is 4.79. The first-order chi connectivity index (χ1) is 10.3. The fourth-order valence-corrected chi connectivity index (χ4v) is 2.63. The Bertz CT molecular complexity index is 745. The highest BCUT2D eigenvalue weighted by Gasteiger charge is 2.05. The van der Waals surface area contributed by atoms with Gasteiger partial charge in [0.15, 0.2) is 0 Å². The molecular formula is C20H21N. The second-order valence-electron chi connectivity index (χ2n) is 5.81. The van der Waals surface area contributed by atoms with Crippen molar-refractivity contribution in [2.45, 2.75) is 26.7 Å². The Morgan fingerprint density at radius 1 is 0.952 bits per heavy atom. The topological polar surface area (TPSA) is 12.9 Å². The predicted octanol–water partition coefficient (Wildman–Crippen LogP) is 5.49. The monoisotopic (exact) mass is 275 g/mol. The van der Waals surface area contributed by atoms with Gasteiger partial charge in [-0.05, 0) is 36.1 Å². The molecule has 1 heteroatoms. The van der Waals surface area contributed by atoms with Crippen molar-refractivity contribution in [3.63, 3.8) is 0 Å². The molecule has 1 unspecified atom stereocenters. The van der Waals surface area contributed by atoms with Gasteiger partial charge in [0.05, 0.1) is 11.2 Å². The molecule has 1 heterocycles. The van der Waals surface area contributed by atoms with Crippen LogP contribution in [0.2, 0.25) is 0 Å². The zero-order valence-electron chi connectivity index (χ0n) is 12.7. The van der Waals surface area contributed by atoms with E-state index in [0.717, 1.165) is 23.5 Å². The van der Waals surface area contributed by atoms with Gasteiger partial charge in [-0.1, -0.05) is 62.7 Å². The summed E-state index contributed by atoms with van der Waals surface area (Å²) in [4.78, 5) is 4.79. The number of rotatable bonds is 4. The van der Waals surface area contributed by atoms with E-state index in [1.54, 1.807) is 0 Å². The minimum absolute atomic E-state index is 0.727. The Labute approximate surface area is 126 Å². The molecule has 0 spiro atoms. The van der Waals surface area contributed by atoms with E-state index in [9.17, 15) is 0 Å². The summed E-state index contributed by atoms with van der Waals surface area (Å²) >= 11 is 0. The third kappa shape index (κ3) is 3.13. The van der Waals surface area contributed by atoms with Crippen LogP contribution in [0.1, 0.15) is 25.8 Å². The number of aromatic nitrogens is 1. The smallest absolute Gasteiger partial charge is 0.0709 e. The maximum Gasteiger partial charge on any atom is 0.0709 e. The maximum atomic E-state index is 4.79. The van der Waals surface area contributed by atoms with Gasteiger partial charge in [0, 0.05) is 10.9 Å². The van der Waals surface area contributed by atoms with Gasteiger partial charge in [-0.3, -0.25) is 0 Å². The van der Waals surface area contributed by atoms with Gasteiger partial charge < -0.3 is 0 Å².